The lowest BCUT2D eigenvalue weighted by atomic mass is 9.98. The van der Waals surface area contributed by atoms with Gasteiger partial charge in [0.05, 0.1) is 18.2 Å². The van der Waals surface area contributed by atoms with Crippen LogP contribution in [0.3, 0.4) is 0 Å². The van der Waals surface area contributed by atoms with Crippen molar-refractivity contribution < 1.29 is 4.74 Å². The lowest BCUT2D eigenvalue weighted by Gasteiger charge is -2.19. The number of nitrogens with one attached hydrogen (secondary N) is 1. The van der Waals surface area contributed by atoms with Crippen molar-refractivity contribution in [2.45, 2.75) is 13.0 Å². The number of benzene rings is 1. The number of methoxy groups -OCH3 is 1. The summed E-state index contributed by atoms with van der Waals surface area (Å²) in [6.45, 7) is 1.95. The Balaban J connectivity index is 2.45. The van der Waals surface area contributed by atoms with Crippen molar-refractivity contribution in [2.75, 3.05) is 7.11 Å². The van der Waals surface area contributed by atoms with Gasteiger partial charge >= 0.3 is 0 Å². The van der Waals surface area contributed by atoms with E-state index in [9.17, 15) is 0 Å². The summed E-state index contributed by atoms with van der Waals surface area (Å²) in [7, 11) is 1.59. The smallest absolute Gasteiger partial charge is 0.137 e. The third-order valence-corrected chi connectivity index (χ3v) is 3.35. The Hall–Kier alpha value is -1.62. The molecule has 100 valence electrons. The van der Waals surface area contributed by atoms with Crippen LogP contribution < -0.4 is 16.0 Å². The zero-order chi connectivity index (χ0) is 13.8. The highest BCUT2D eigenvalue weighted by molar-refractivity contribution is 6.32. The van der Waals surface area contributed by atoms with Crippen molar-refractivity contribution in [3.05, 3.63) is 58.4 Å². The molecule has 1 atom stereocenters. The molecule has 1 unspecified atom stereocenters. The molecule has 2 aromatic rings. The molecule has 1 heterocycles. The van der Waals surface area contributed by atoms with Gasteiger partial charge in [-0.25, -0.2) is 5.43 Å². The summed E-state index contributed by atoms with van der Waals surface area (Å²) in [5, 5.41) is 0.574. The van der Waals surface area contributed by atoms with Crippen LogP contribution in [-0.4, -0.2) is 12.1 Å². The Kier molecular flexibility index (Phi) is 4.37. The van der Waals surface area contributed by atoms with E-state index in [2.05, 4.69) is 10.4 Å². The van der Waals surface area contributed by atoms with Crippen molar-refractivity contribution in [2.24, 2.45) is 5.84 Å². The van der Waals surface area contributed by atoms with Gasteiger partial charge in [-0.05, 0) is 36.2 Å². The zero-order valence-electron chi connectivity index (χ0n) is 10.9. The van der Waals surface area contributed by atoms with Crippen LogP contribution in [0, 0.1) is 6.92 Å². The molecule has 4 nitrogen and oxygen atoms in total. The van der Waals surface area contributed by atoms with Gasteiger partial charge < -0.3 is 4.74 Å². The molecule has 5 heteroatoms. The molecular weight excluding hydrogens is 262 g/mol. The van der Waals surface area contributed by atoms with E-state index in [0.717, 1.165) is 16.8 Å². The molecule has 0 amide bonds. The van der Waals surface area contributed by atoms with E-state index >= 15 is 0 Å². The third kappa shape index (κ3) is 2.87. The molecule has 19 heavy (non-hydrogen) atoms. The second kappa shape index (κ2) is 6.02. The van der Waals surface area contributed by atoms with Gasteiger partial charge in [-0.1, -0.05) is 23.7 Å². The van der Waals surface area contributed by atoms with Crippen molar-refractivity contribution in [3.63, 3.8) is 0 Å². The second-order valence-electron chi connectivity index (χ2n) is 4.17. The third-order valence-electron chi connectivity index (χ3n) is 3.03. The topological polar surface area (TPSA) is 60.2 Å². The van der Waals surface area contributed by atoms with Crippen LogP contribution in [0.1, 0.15) is 22.9 Å². The maximum Gasteiger partial charge on any atom is 0.137 e. The summed E-state index contributed by atoms with van der Waals surface area (Å²) in [5.74, 6) is 6.31. The number of nitrogens with two attached hydrogens (primary N) is 1. The predicted molar refractivity (Wildman–Crippen MR) is 76.1 cm³/mol. The number of rotatable bonds is 4. The Bertz CT molecular complexity index is 574. The van der Waals surface area contributed by atoms with Crippen LogP contribution in [0.25, 0.3) is 0 Å². The second-order valence-corrected chi connectivity index (χ2v) is 4.58. The summed E-state index contributed by atoms with van der Waals surface area (Å²) in [5.41, 5.74) is 5.73. The van der Waals surface area contributed by atoms with E-state index in [1.165, 1.54) is 0 Å². The number of hydrogen-bond donors (Lipinski definition) is 2. The number of pyridine rings is 1. The first-order valence-corrected chi connectivity index (χ1v) is 6.26. The highest BCUT2D eigenvalue weighted by Gasteiger charge is 2.16. The molecule has 0 saturated heterocycles. The monoisotopic (exact) mass is 277 g/mol. The number of nitrogens with zero attached hydrogens (tertiary/aromatic N) is 1. The first-order valence-electron chi connectivity index (χ1n) is 5.88. The number of aromatic nitrogens is 1. The largest absolute Gasteiger partial charge is 0.495 e. The van der Waals surface area contributed by atoms with Crippen LogP contribution in [0.4, 0.5) is 0 Å². The first kappa shape index (κ1) is 13.8. The van der Waals surface area contributed by atoms with Crippen molar-refractivity contribution in [1.82, 2.24) is 10.4 Å². The normalized spacial score (nSPS) is 12.2. The predicted octanol–water partition coefficient (Wildman–Crippen LogP) is 2.60. The molecule has 0 aliphatic rings. The molecule has 0 fully saturated rings. The molecule has 1 aromatic carbocycles. The minimum atomic E-state index is -0.153. The fourth-order valence-electron chi connectivity index (χ4n) is 2.02. The minimum absolute atomic E-state index is 0.153. The minimum Gasteiger partial charge on any atom is -0.495 e. The Morgan fingerprint density at radius 3 is 2.79 bits per heavy atom. The van der Waals surface area contributed by atoms with Gasteiger partial charge in [-0.3, -0.25) is 10.8 Å². The fourth-order valence-corrected chi connectivity index (χ4v) is 2.22. The van der Waals surface area contributed by atoms with E-state index < -0.39 is 0 Å². The Morgan fingerprint density at radius 1 is 1.37 bits per heavy atom. The number of aryl methyl sites for hydroxylation is 1. The summed E-state index contributed by atoms with van der Waals surface area (Å²) in [6.07, 6.45) is 1.76. The summed E-state index contributed by atoms with van der Waals surface area (Å²) >= 11 is 6.03. The Morgan fingerprint density at radius 2 is 2.16 bits per heavy atom. The molecule has 0 saturated carbocycles. The summed E-state index contributed by atoms with van der Waals surface area (Å²) in [4.78, 5) is 4.28. The van der Waals surface area contributed by atoms with E-state index in [1.54, 1.807) is 19.4 Å². The van der Waals surface area contributed by atoms with Crippen LogP contribution in [-0.2, 0) is 0 Å². The maximum atomic E-state index is 6.03. The van der Waals surface area contributed by atoms with Crippen molar-refractivity contribution in [1.29, 1.82) is 0 Å². The number of halogens is 1. The van der Waals surface area contributed by atoms with E-state index in [4.69, 9.17) is 22.2 Å². The van der Waals surface area contributed by atoms with Crippen LogP contribution in [0.2, 0.25) is 5.02 Å². The lowest BCUT2D eigenvalue weighted by Crippen LogP contribution is -2.29. The lowest BCUT2D eigenvalue weighted by molar-refractivity contribution is 0.414. The van der Waals surface area contributed by atoms with Crippen LogP contribution in [0.15, 0.2) is 36.5 Å². The number of ether oxygens (including phenoxy) is 1. The highest BCUT2D eigenvalue weighted by atomic mass is 35.5. The quantitative estimate of drug-likeness (QED) is 0.666. The molecule has 0 aliphatic heterocycles. The van der Waals surface area contributed by atoms with Gasteiger partial charge in [-0.2, -0.15) is 0 Å². The molecule has 1 aromatic heterocycles. The van der Waals surface area contributed by atoms with E-state index in [-0.39, 0.29) is 6.04 Å². The molecule has 2 rings (SSSR count). The number of hydrazine groups is 1. The number of hydrogen-bond acceptors (Lipinski definition) is 4. The van der Waals surface area contributed by atoms with Crippen molar-refractivity contribution in [3.8, 4) is 5.75 Å². The van der Waals surface area contributed by atoms with E-state index in [1.807, 2.05) is 31.2 Å². The van der Waals surface area contributed by atoms with Crippen LogP contribution in [0.5, 0.6) is 5.75 Å². The highest BCUT2D eigenvalue weighted by Crippen LogP contribution is 2.30. The van der Waals surface area contributed by atoms with Gasteiger partial charge in [0.15, 0.2) is 0 Å². The molecule has 0 bridgehead atoms. The van der Waals surface area contributed by atoms with Gasteiger partial charge in [0, 0.05) is 11.9 Å². The molecular formula is C14H16ClN3O. The maximum absolute atomic E-state index is 6.03. The van der Waals surface area contributed by atoms with Gasteiger partial charge in [0.1, 0.15) is 5.75 Å². The molecule has 0 aliphatic carbocycles. The summed E-state index contributed by atoms with van der Waals surface area (Å²) < 4.78 is 5.23. The SMILES string of the molecule is COc1cc(C(NN)c2cccnc2C)ccc1Cl. The summed E-state index contributed by atoms with van der Waals surface area (Å²) in [6, 6.07) is 9.32. The zero-order valence-corrected chi connectivity index (χ0v) is 11.6. The standard InChI is InChI=1S/C14H16ClN3O/c1-9-11(4-3-7-17-9)14(18-16)10-5-6-12(15)13(8-10)19-2/h3-8,14,18H,16H2,1-2H3. The average molecular weight is 278 g/mol. The molecule has 0 radical (unpaired) electrons. The fraction of sp³-hybridized carbons (Fsp3) is 0.214. The van der Waals surface area contributed by atoms with Crippen LogP contribution >= 0.6 is 11.6 Å². The molecule has 3 N–H and O–H groups in total. The van der Waals surface area contributed by atoms with Gasteiger partial charge in [-0.15, -0.1) is 0 Å². The Labute approximate surface area is 117 Å². The van der Waals surface area contributed by atoms with Gasteiger partial charge in [0.25, 0.3) is 0 Å². The van der Waals surface area contributed by atoms with Crippen molar-refractivity contribution >= 4 is 11.6 Å². The van der Waals surface area contributed by atoms with E-state index in [0.29, 0.717) is 10.8 Å². The average Bonchev–Trinajstić information content (AvgIpc) is 2.43. The van der Waals surface area contributed by atoms with Gasteiger partial charge in [0.2, 0.25) is 0 Å². The molecule has 0 spiro atoms. The first-order chi connectivity index (χ1) is 9.17.